The van der Waals surface area contributed by atoms with Gasteiger partial charge in [-0.1, -0.05) is 0 Å². The summed E-state index contributed by atoms with van der Waals surface area (Å²) in [4.78, 5) is 10.5. The van der Waals surface area contributed by atoms with E-state index in [0.717, 1.165) is 26.2 Å². The van der Waals surface area contributed by atoms with Crippen LogP contribution in [0.5, 0.6) is 0 Å². The van der Waals surface area contributed by atoms with Crippen molar-refractivity contribution in [2.24, 2.45) is 0 Å². The monoisotopic (exact) mass is 635 g/mol. The van der Waals surface area contributed by atoms with Gasteiger partial charge >= 0.3 is 0 Å². The number of benzene rings is 2. The Kier molecular flexibility index (Phi) is 8.19. The van der Waals surface area contributed by atoms with Gasteiger partial charge in [0.2, 0.25) is 11.6 Å². The molecule has 206 valence electrons. The summed E-state index contributed by atoms with van der Waals surface area (Å²) in [6.07, 6.45) is 3.01. The Morgan fingerprint density at radius 2 is 1.09 bits per heavy atom. The normalized spacial score (nSPS) is 10.1. The predicted octanol–water partition coefficient (Wildman–Crippen LogP) is 4.10. The van der Waals surface area contributed by atoms with Crippen LogP contribution in [-0.4, -0.2) is 50.4 Å². The van der Waals surface area contributed by atoms with Gasteiger partial charge in [-0.2, -0.15) is 15.8 Å². The molecular weight excluding hydrogens is 624 g/mol. The molecule has 0 aliphatic rings. The number of pyridine rings is 2. The van der Waals surface area contributed by atoms with Crippen LogP contribution in [0.4, 0.5) is 8.78 Å². The maximum atomic E-state index is 13.4. The highest BCUT2D eigenvalue weighted by atomic mass is 79.9. The standard InChI is InChI=1S/C14H6FN7.C13H6BrFN6/c15-11-3-10(7-17)4-12(5-11)22-20-14(19-21-22)13-2-1-9(6-16)8-18-13;14-9-1-2-12(17-7-9)13-18-20-21(19-13)11-4-8(6-16)3-10(15)5-11/h1-5,8H;1-5,7H. The number of rotatable bonds is 4. The Balaban J connectivity index is 0.000000171. The number of halogens is 3. The van der Waals surface area contributed by atoms with E-state index in [4.69, 9.17) is 15.8 Å². The van der Waals surface area contributed by atoms with Gasteiger partial charge in [0.1, 0.15) is 29.1 Å². The first kappa shape index (κ1) is 28.2. The number of nitrogens with zero attached hydrogens (tertiary/aromatic N) is 13. The van der Waals surface area contributed by atoms with Gasteiger partial charge < -0.3 is 0 Å². The van der Waals surface area contributed by atoms with Crippen molar-refractivity contribution >= 4 is 15.9 Å². The third-order valence-corrected chi connectivity index (χ3v) is 5.86. The summed E-state index contributed by atoms with van der Waals surface area (Å²) in [5, 5.41) is 50.0. The van der Waals surface area contributed by atoms with Crippen molar-refractivity contribution in [1.29, 1.82) is 15.8 Å². The molecule has 0 aliphatic heterocycles. The van der Waals surface area contributed by atoms with Crippen molar-refractivity contribution in [3.05, 3.63) is 106 Å². The van der Waals surface area contributed by atoms with Crippen LogP contribution in [0, 0.1) is 45.6 Å². The van der Waals surface area contributed by atoms with Crippen LogP contribution in [0.3, 0.4) is 0 Å². The van der Waals surface area contributed by atoms with Crippen LogP contribution >= 0.6 is 15.9 Å². The average molecular weight is 636 g/mol. The Morgan fingerprint density at radius 3 is 1.51 bits per heavy atom. The fourth-order valence-corrected chi connectivity index (χ4v) is 3.70. The Labute approximate surface area is 249 Å². The molecule has 0 radical (unpaired) electrons. The van der Waals surface area contributed by atoms with E-state index < -0.39 is 11.6 Å². The minimum atomic E-state index is -0.565. The highest BCUT2D eigenvalue weighted by molar-refractivity contribution is 9.10. The van der Waals surface area contributed by atoms with Crippen molar-refractivity contribution in [1.82, 2.24) is 50.4 Å². The smallest absolute Gasteiger partial charge is 0.223 e. The quantitative estimate of drug-likeness (QED) is 0.271. The lowest BCUT2D eigenvalue weighted by Gasteiger charge is -1.99. The predicted molar refractivity (Wildman–Crippen MR) is 147 cm³/mol. The summed E-state index contributed by atoms with van der Waals surface area (Å²) >= 11 is 3.29. The number of nitriles is 3. The summed E-state index contributed by atoms with van der Waals surface area (Å²) in [6, 6.07) is 20.0. The minimum Gasteiger partial charge on any atom is -0.252 e. The van der Waals surface area contributed by atoms with Crippen molar-refractivity contribution in [3.63, 3.8) is 0 Å². The summed E-state index contributed by atoms with van der Waals surface area (Å²) in [5.74, 6) is -0.563. The number of hydrogen-bond donors (Lipinski definition) is 0. The fourth-order valence-electron chi connectivity index (χ4n) is 3.46. The molecule has 0 fully saturated rings. The topological polar surface area (TPSA) is 184 Å². The van der Waals surface area contributed by atoms with Gasteiger partial charge in [-0.15, -0.1) is 30.0 Å². The molecule has 2 aromatic carbocycles. The van der Waals surface area contributed by atoms with E-state index in [1.165, 1.54) is 30.5 Å². The largest absolute Gasteiger partial charge is 0.252 e. The molecule has 0 saturated heterocycles. The fraction of sp³-hybridized carbons (Fsp3) is 0. The molecule has 0 N–H and O–H groups in total. The highest BCUT2D eigenvalue weighted by Crippen LogP contribution is 2.17. The zero-order valence-corrected chi connectivity index (χ0v) is 23.0. The average Bonchev–Trinajstić information content (AvgIpc) is 3.72. The second-order valence-corrected chi connectivity index (χ2v) is 9.25. The van der Waals surface area contributed by atoms with Gasteiger partial charge in [-0.3, -0.25) is 9.97 Å². The molecule has 4 heterocycles. The first-order valence-electron chi connectivity index (χ1n) is 11.9. The first-order chi connectivity index (χ1) is 20.8. The lowest BCUT2D eigenvalue weighted by molar-refractivity contribution is 0.620. The molecule has 0 amide bonds. The number of hydrogen-bond acceptors (Lipinski definition) is 11. The molecule has 6 rings (SSSR count). The van der Waals surface area contributed by atoms with Crippen LogP contribution < -0.4 is 0 Å². The summed E-state index contributed by atoms with van der Waals surface area (Å²) in [7, 11) is 0. The van der Waals surface area contributed by atoms with E-state index in [1.807, 2.05) is 18.2 Å². The number of tetrazole rings is 2. The lowest BCUT2D eigenvalue weighted by atomic mass is 10.2. The molecule has 0 saturated carbocycles. The second kappa shape index (κ2) is 12.5. The van der Waals surface area contributed by atoms with Gasteiger partial charge in [0.05, 0.1) is 40.2 Å². The van der Waals surface area contributed by atoms with Crippen LogP contribution in [0.15, 0.2) is 77.5 Å². The summed E-state index contributed by atoms with van der Waals surface area (Å²) in [6.45, 7) is 0. The molecule has 43 heavy (non-hydrogen) atoms. The highest BCUT2D eigenvalue weighted by Gasteiger charge is 2.12. The third kappa shape index (κ3) is 6.71. The lowest BCUT2D eigenvalue weighted by Crippen LogP contribution is -2.00. The number of aromatic nitrogens is 10. The van der Waals surface area contributed by atoms with Gasteiger partial charge in [0.25, 0.3) is 0 Å². The zero-order valence-electron chi connectivity index (χ0n) is 21.4. The Hall–Kier alpha value is -6.31. The van der Waals surface area contributed by atoms with E-state index in [0.29, 0.717) is 28.5 Å². The molecular formula is C27H12BrF2N13. The van der Waals surface area contributed by atoms with E-state index >= 15 is 0 Å². The van der Waals surface area contributed by atoms with Crippen LogP contribution in [0.25, 0.3) is 34.4 Å². The zero-order chi connectivity index (χ0) is 30.3. The third-order valence-electron chi connectivity index (χ3n) is 5.39. The van der Waals surface area contributed by atoms with Crippen LogP contribution in [0.2, 0.25) is 0 Å². The van der Waals surface area contributed by atoms with E-state index in [1.54, 1.807) is 30.5 Å². The van der Waals surface area contributed by atoms with Gasteiger partial charge in [-0.05, 0) is 74.9 Å². The molecule has 16 heteroatoms. The van der Waals surface area contributed by atoms with Crippen LogP contribution in [0.1, 0.15) is 16.7 Å². The van der Waals surface area contributed by atoms with Gasteiger partial charge in [0, 0.05) is 29.0 Å². The Morgan fingerprint density at radius 1 is 0.605 bits per heavy atom. The van der Waals surface area contributed by atoms with Crippen molar-refractivity contribution in [2.45, 2.75) is 0 Å². The summed E-state index contributed by atoms with van der Waals surface area (Å²) < 4.78 is 27.7. The SMILES string of the molecule is N#Cc1cc(F)cc(-n2nnc(-c3ccc(Br)cn3)n2)c1.N#Cc1ccc(-c2nnn(-c3cc(F)cc(C#N)c3)n2)nc1. The van der Waals surface area contributed by atoms with E-state index in [9.17, 15) is 8.78 Å². The molecule has 0 spiro atoms. The van der Waals surface area contributed by atoms with Gasteiger partial charge in [-0.25, -0.2) is 8.78 Å². The van der Waals surface area contributed by atoms with E-state index in [-0.39, 0.29) is 22.6 Å². The molecule has 0 atom stereocenters. The van der Waals surface area contributed by atoms with Crippen LogP contribution in [-0.2, 0) is 0 Å². The summed E-state index contributed by atoms with van der Waals surface area (Å²) in [5.41, 5.74) is 2.34. The molecule has 0 bridgehead atoms. The minimum absolute atomic E-state index is 0.158. The molecule has 0 aliphatic carbocycles. The Bertz CT molecular complexity index is 2050. The maximum Gasteiger partial charge on any atom is 0.223 e. The molecule has 0 unspecified atom stereocenters. The van der Waals surface area contributed by atoms with Gasteiger partial charge in [0.15, 0.2) is 0 Å². The molecule has 4 aromatic heterocycles. The van der Waals surface area contributed by atoms with Crippen molar-refractivity contribution < 1.29 is 8.78 Å². The first-order valence-corrected chi connectivity index (χ1v) is 12.6. The molecule has 6 aromatic rings. The van der Waals surface area contributed by atoms with E-state index in [2.05, 4.69) is 56.7 Å². The maximum absolute atomic E-state index is 13.4. The van der Waals surface area contributed by atoms with Crippen molar-refractivity contribution in [2.75, 3.05) is 0 Å². The molecule has 13 nitrogen and oxygen atoms in total. The second-order valence-electron chi connectivity index (χ2n) is 8.33. The van der Waals surface area contributed by atoms with Crippen molar-refractivity contribution in [3.8, 4) is 52.6 Å².